The van der Waals surface area contributed by atoms with Crippen molar-refractivity contribution < 1.29 is 24.2 Å². The van der Waals surface area contributed by atoms with Crippen LogP contribution in [-0.4, -0.2) is 41.3 Å². The van der Waals surface area contributed by atoms with Crippen molar-refractivity contribution in [2.75, 3.05) is 6.61 Å². The van der Waals surface area contributed by atoms with Crippen LogP contribution in [0.25, 0.3) is 11.1 Å². The Morgan fingerprint density at radius 3 is 2.15 bits per heavy atom. The van der Waals surface area contributed by atoms with Crippen LogP contribution in [-0.2, 0) is 14.3 Å². The van der Waals surface area contributed by atoms with Gasteiger partial charge in [-0.05, 0) is 41.5 Å². The van der Waals surface area contributed by atoms with Crippen LogP contribution in [0.5, 0.6) is 0 Å². The predicted octanol–water partition coefficient (Wildman–Crippen LogP) is 4.60. The molecular weight excluding hydrogens is 432 g/mol. The molecule has 2 aliphatic carbocycles. The van der Waals surface area contributed by atoms with Gasteiger partial charge in [0.2, 0.25) is 5.91 Å². The van der Waals surface area contributed by atoms with E-state index in [-0.39, 0.29) is 12.5 Å². The summed E-state index contributed by atoms with van der Waals surface area (Å²) in [5.74, 6) is -1.58. The molecule has 0 heterocycles. The monoisotopic (exact) mass is 464 g/mol. The van der Waals surface area contributed by atoms with Crippen molar-refractivity contribution in [3.8, 4) is 11.1 Å². The smallest absolute Gasteiger partial charge is 0.408 e. The summed E-state index contributed by atoms with van der Waals surface area (Å²) in [6, 6.07) is 15.2. The largest absolute Gasteiger partial charge is 0.480 e. The Morgan fingerprint density at radius 2 is 1.59 bits per heavy atom. The number of hydrogen-bond donors (Lipinski definition) is 3. The van der Waals surface area contributed by atoms with Crippen molar-refractivity contribution in [2.24, 2.45) is 0 Å². The number of nitrogens with one attached hydrogen (secondary N) is 2. The van der Waals surface area contributed by atoms with Gasteiger partial charge in [0.1, 0.15) is 18.2 Å². The van der Waals surface area contributed by atoms with Gasteiger partial charge in [0.05, 0.1) is 0 Å². The molecule has 0 bridgehead atoms. The molecule has 0 unspecified atom stereocenters. The predicted molar refractivity (Wildman–Crippen MR) is 128 cm³/mol. The van der Waals surface area contributed by atoms with Gasteiger partial charge in [0, 0.05) is 5.92 Å². The molecule has 2 aromatic carbocycles. The number of carboxylic acid groups (broad SMARTS) is 1. The summed E-state index contributed by atoms with van der Waals surface area (Å²) >= 11 is 0. The fourth-order valence-electron chi connectivity index (χ4n) is 5.24. The molecule has 0 radical (unpaired) electrons. The van der Waals surface area contributed by atoms with Crippen molar-refractivity contribution in [1.82, 2.24) is 10.6 Å². The summed E-state index contributed by atoms with van der Waals surface area (Å²) < 4.78 is 5.67. The molecule has 7 heteroatoms. The summed E-state index contributed by atoms with van der Waals surface area (Å²) in [5.41, 5.74) is 3.37. The van der Waals surface area contributed by atoms with E-state index >= 15 is 0 Å². The van der Waals surface area contributed by atoms with E-state index < -0.39 is 29.6 Å². The molecule has 2 aliphatic rings. The maximum absolute atomic E-state index is 13.2. The van der Waals surface area contributed by atoms with E-state index in [2.05, 4.69) is 34.9 Å². The molecule has 34 heavy (non-hydrogen) atoms. The minimum atomic E-state index is -1.15. The first-order valence-electron chi connectivity index (χ1n) is 12.1. The summed E-state index contributed by atoms with van der Waals surface area (Å²) in [6.07, 6.45) is 3.76. The maximum Gasteiger partial charge on any atom is 0.408 e. The van der Waals surface area contributed by atoms with Crippen LogP contribution in [0.1, 0.15) is 68.9 Å². The van der Waals surface area contributed by atoms with Crippen LogP contribution in [0, 0.1) is 0 Å². The van der Waals surface area contributed by atoms with Gasteiger partial charge in [-0.3, -0.25) is 4.79 Å². The number of benzene rings is 2. The quantitative estimate of drug-likeness (QED) is 0.530. The van der Waals surface area contributed by atoms with E-state index in [1.165, 1.54) is 0 Å². The second kappa shape index (κ2) is 10.3. The summed E-state index contributed by atoms with van der Waals surface area (Å²) in [4.78, 5) is 37.7. The third-order valence-corrected chi connectivity index (χ3v) is 7.01. The molecule has 0 saturated heterocycles. The van der Waals surface area contributed by atoms with Crippen LogP contribution in [0.2, 0.25) is 0 Å². The Kier molecular flexibility index (Phi) is 7.20. The van der Waals surface area contributed by atoms with Crippen LogP contribution < -0.4 is 10.6 Å². The summed E-state index contributed by atoms with van der Waals surface area (Å²) in [7, 11) is 0. The zero-order valence-corrected chi connectivity index (χ0v) is 19.5. The van der Waals surface area contributed by atoms with Crippen molar-refractivity contribution in [3.63, 3.8) is 0 Å². The zero-order valence-electron chi connectivity index (χ0n) is 19.5. The molecule has 3 N–H and O–H groups in total. The van der Waals surface area contributed by atoms with E-state index in [0.29, 0.717) is 25.7 Å². The topological polar surface area (TPSA) is 105 Å². The molecule has 1 atom stereocenters. The van der Waals surface area contributed by atoms with Gasteiger partial charge in [-0.1, -0.05) is 81.1 Å². The Bertz CT molecular complexity index is 1010. The molecule has 0 aliphatic heterocycles. The molecule has 1 saturated carbocycles. The van der Waals surface area contributed by atoms with Crippen LogP contribution in [0.4, 0.5) is 4.79 Å². The number of amides is 2. The highest BCUT2D eigenvalue weighted by atomic mass is 16.5. The SMILES string of the molecule is CCC[C@H](NC(=O)C1(NC(=O)OCC2c3ccccc3-c3ccccc32)CCCCC1)C(=O)O. The average molecular weight is 465 g/mol. The van der Waals surface area contributed by atoms with Gasteiger partial charge in [-0.2, -0.15) is 0 Å². The van der Waals surface area contributed by atoms with Gasteiger partial charge >= 0.3 is 12.1 Å². The first-order chi connectivity index (χ1) is 16.4. The van der Waals surface area contributed by atoms with Crippen LogP contribution in [0.3, 0.4) is 0 Å². The number of rotatable bonds is 8. The van der Waals surface area contributed by atoms with E-state index in [0.717, 1.165) is 41.5 Å². The molecule has 0 spiro atoms. The number of carboxylic acids is 1. The Balaban J connectivity index is 1.46. The van der Waals surface area contributed by atoms with Gasteiger partial charge in [0.15, 0.2) is 0 Å². The molecular formula is C27H32N2O5. The number of hydrogen-bond acceptors (Lipinski definition) is 4. The number of aliphatic carboxylic acids is 1. The number of fused-ring (bicyclic) bond motifs is 3. The van der Waals surface area contributed by atoms with Crippen LogP contribution >= 0.6 is 0 Å². The van der Waals surface area contributed by atoms with E-state index in [9.17, 15) is 19.5 Å². The molecule has 4 rings (SSSR count). The highest BCUT2D eigenvalue weighted by molar-refractivity contribution is 5.93. The lowest BCUT2D eigenvalue weighted by atomic mass is 9.80. The van der Waals surface area contributed by atoms with Gasteiger partial charge in [-0.25, -0.2) is 9.59 Å². The highest BCUT2D eigenvalue weighted by Gasteiger charge is 2.43. The van der Waals surface area contributed by atoms with Crippen molar-refractivity contribution in [3.05, 3.63) is 59.7 Å². The van der Waals surface area contributed by atoms with E-state index in [1.54, 1.807) is 0 Å². The molecule has 0 aromatic heterocycles. The molecule has 7 nitrogen and oxygen atoms in total. The second-order valence-electron chi connectivity index (χ2n) is 9.25. The number of carbonyl (C=O) groups excluding carboxylic acids is 2. The summed E-state index contributed by atoms with van der Waals surface area (Å²) in [5, 5.41) is 14.9. The van der Waals surface area contributed by atoms with Gasteiger partial charge in [-0.15, -0.1) is 0 Å². The third kappa shape index (κ3) is 4.79. The second-order valence-corrected chi connectivity index (χ2v) is 9.25. The lowest BCUT2D eigenvalue weighted by Crippen LogP contribution is -2.62. The maximum atomic E-state index is 13.2. The lowest BCUT2D eigenvalue weighted by molar-refractivity contribution is -0.143. The normalized spacial score (nSPS) is 17.2. The number of alkyl carbamates (subject to hydrolysis) is 1. The summed E-state index contributed by atoms with van der Waals surface area (Å²) in [6.45, 7) is 2.03. The lowest BCUT2D eigenvalue weighted by Gasteiger charge is -2.37. The Labute approximate surface area is 199 Å². The zero-order chi connectivity index (χ0) is 24.1. The molecule has 2 aromatic rings. The fraction of sp³-hybridized carbons (Fsp3) is 0.444. The van der Waals surface area contributed by atoms with Crippen molar-refractivity contribution in [2.45, 2.75) is 69.4 Å². The fourth-order valence-corrected chi connectivity index (χ4v) is 5.24. The van der Waals surface area contributed by atoms with Crippen molar-refractivity contribution >= 4 is 18.0 Å². The first kappa shape index (κ1) is 23.8. The Morgan fingerprint density at radius 1 is 1.00 bits per heavy atom. The standard InChI is InChI=1S/C27H32N2O5/c1-2-10-23(24(30)31)28-25(32)27(15-8-3-9-16-27)29-26(33)34-17-22-20-13-6-4-11-18(20)19-12-5-7-14-21(19)22/h4-7,11-14,22-23H,2-3,8-10,15-17H2,1H3,(H,28,32)(H,29,33)(H,30,31)/t23-/m0/s1. The van der Waals surface area contributed by atoms with E-state index in [4.69, 9.17) is 4.74 Å². The highest BCUT2D eigenvalue weighted by Crippen LogP contribution is 2.44. The minimum absolute atomic E-state index is 0.0739. The molecule has 2 amide bonds. The van der Waals surface area contributed by atoms with E-state index in [1.807, 2.05) is 31.2 Å². The molecule has 1 fully saturated rings. The molecule has 180 valence electrons. The minimum Gasteiger partial charge on any atom is -0.480 e. The Hall–Kier alpha value is -3.35. The third-order valence-electron chi connectivity index (χ3n) is 7.01. The van der Waals surface area contributed by atoms with Gasteiger partial charge in [0.25, 0.3) is 0 Å². The first-order valence-corrected chi connectivity index (χ1v) is 12.1. The number of carbonyl (C=O) groups is 3. The number of ether oxygens (including phenoxy) is 1. The van der Waals surface area contributed by atoms with Gasteiger partial charge < -0.3 is 20.5 Å². The van der Waals surface area contributed by atoms with Crippen molar-refractivity contribution in [1.29, 1.82) is 0 Å². The average Bonchev–Trinajstić information content (AvgIpc) is 3.16. The van der Waals surface area contributed by atoms with Crippen LogP contribution in [0.15, 0.2) is 48.5 Å².